The van der Waals surface area contributed by atoms with Gasteiger partial charge in [-0.15, -0.1) is 11.3 Å². The first-order valence-electron chi connectivity index (χ1n) is 5.55. The molecule has 0 aliphatic rings. The van der Waals surface area contributed by atoms with Crippen LogP contribution in [-0.2, 0) is 11.5 Å². The molecule has 0 aliphatic carbocycles. The molecule has 19 heavy (non-hydrogen) atoms. The summed E-state index contributed by atoms with van der Waals surface area (Å²) in [5.74, 6) is -1.34. The number of amides is 1. The lowest BCUT2D eigenvalue weighted by molar-refractivity contribution is -0.136. The van der Waals surface area contributed by atoms with Crippen LogP contribution in [-0.4, -0.2) is 28.5 Å². The van der Waals surface area contributed by atoms with Gasteiger partial charge >= 0.3 is 5.97 Å². The molecular formula is C12H11FN2O3S. The standard InChI is InChI=1S/C12H11FN2O3S/c13-6-7-1-3-14-8-5-9(19-11(7)8)12(18)15-4-2-10(16)17/h1,3,5H,2,4,6H2,(H,15,18)(H,16,17). The number of halogens is 1. The number of alkyl halides is 1. The van der Waals surface area contributed by atoms with Crippen molar-refractivity contribution in [1.29, 1.82) is 0 Å². The maximum Gasteiger partial charge on any atom is 0.305 e. The first-order valence-corrected chi connectivity index (χ1v) is 6.37. The fraction of sp³-hybridized carbons (Fsp3) is 0.250. The minimum Gasteiger partial charge on any atom is -0.481 e. The van der Waals surface area contributed by atoms with Crippen molar-refractivity contribution in [2.75, 3.05) is 6.54 Å². The molecule has 0 saturated carbocycles. The van der Waals surface area contributed by atoms with Crippen LogP contribution >= 0.6 is 11.3 Å². The molecule has 2 heterocycles. The fourth-order valence-electron chi connectivity index (χ4n) is 1.58. The van der Waals surface area contributed by atoms with Crippen molar-refractivity contribution in [3.63, 3.8) is 0 Å². The molecule has 0 bridgehead atoms. The Morgan fingerprint density at radius 3 is 2.95 bits per heavy atom. The molecule has 0 fully saturated rings. The van der Waals surface area contributed by atoms with Crippen molar-refractivity contribution >= 4 is 33.4 Å². The first kappa shape index (κ1) is 13.4. The number of carbonyl (C=O) groups excluding carboxylic acids is 1. The number of pyridine rings is 1. The van der Waals surface area contributed by atoms with Gasteiger partial charge in [0.25, 0.3) is 5.91 Å². The van der Waals surface area contributed by atoms with Crippen molar-refractivity contribution in [2.45, 2.75) is 13.1 Å². The summed E-state index contributed by atoms with van der Waals surface area (Å²) < 4.78 is 13.4. The van der Waals surface area contributed by atoms with E-state index in [1.165, 1.54) is 6.20 Å². The van der Waals surface area contributed by atoms with Gasteiger partial charge in [0.15, 0.2) is 0 Å². The van der Waals surface area contributed by atoms with Gasteiger partial charge in [-0.25, -0.2) is 4.39 Å². The third kappa shape index (κ3) is 3.05. The molecule has 2 aromatic heterocycles. The number of aromatic nitrogens is 1. The van der Waals surface area contributed by atoms with E-state index in [1.54, 1.807) is 12.1 Å². The van der Waals surface area contributed by atoms with Gasteiger partial charge < -0.3 is 10.4 Å². The molecule has 0 radical (unpaired) electrons. The average molecular weight is 282 g/mol. The third-order valence-electron chi connectivity index (χ3n) is 2.49. The molecule has 5 nitrogen and oxygen atoms in total. The Bertz CT molecular complexity index is 626. The monoisotopic (exact) mass is 282 g/mol. The highest BCUT2D eigenvalue weighted by atomic mass is 32.1. The van der Waals surface area contributed by atoms with E-state index in [1.807, 2.05) is 0 Å². The van der Waals surface area contributed by atoms with Crippen LogP contribution in [0.2, 0.25) is 0 Å². The highest BCUT2D eigenvalue weighted by Gasteiger charge is 2.13. The number of hydrogen-bond acceptors (Lipinski definition) is 4. The maximum absolute atomic E-state index is 12.8. The molecule has 0 aliphatic heterocycles. The lowest BCUT2D eigenvalue weighted by Gasteiger charge is -1.99. The zero-order valence-corrected chi connectivity index (χ0v) is 10.7. The Kier molecular flexibility index (Phi) is 4.06. The number of carbonyl (C=O) groups is 2. The number of aliphatic carboxylic acids is 1. The number of thiophene rings is 1. The molecule has 0 atom stereocenters. The Hall–Kier alpha value is -2.02. The molecule has 7 heteroatoms. The number of fused-ring (bicyclic) bond motifs is 1. The zero-order valence-electron chi connectivity index (χ0n) is 9.85. The van der Waals surface area contributed by atoms with Gasteiger partial charge in [0, 0.05) is 18.3 Å². The number of rotatable bonds is 5. The van der Waals surface area contributed by atoms with Crippen molar-refractivity contribution in [2.24, 2.45) is 0 Å². The van der Waals surface area contributed by atoms with E-state index in [-0.39, 0.29) is 18.9 Å². The van der Waals surface area contributed by atoms with E-state index in [0.717, 1.165) is 11.3 Å². The second-order valence-electron chi connectivity index (χ2n) is 3.83. The predicted octanol–water partition coefficient (Wildman–Crippen LogP) is 1.97. The van der Waals surface area contributed by atoms with Crippen LogP contribution < -0.4 is 5.32 Å². The van der Waals surface area contributed by atoms with Crippen molar-refractivity contribution < 1.29 is 19.1 Å². The van der Waals surface area contributed by atoms with Gasteiger partial charge in [-0.3, -0.25) is 14.6 Å². The normalized spacial score (nSPS) is 10.6. The number of carboxylic acid groups (broad SMARTS) is 1. The zero-order chi connectivity index (χ0) is 13.8. The minimum atomic E-state index is -0.974. The summed E-state index contributed by atoms with van der Waals surface area (Å²) in [6.45, 7) is -0.550. The van der Waals surface area contributed by atoms with Gasteiger partial charge in [0.05, 0.1) is 21.5 Å². The summed E-state index contributed by atoms with van der Waals surface area (Å²) in [5, 5.41) is 11.0. The quantitative estimate of drug-likeness (QED) is 0.878. The molecule has 2 rings (SSSR count). The van der Waals surface area contributed by atoms with E-state index in [4.69, 9.17) is 5.11 Å². The van der Waals surface area contributed by atoms with E-state index >= 15 is 0 Å². The van der Waals surface area contributed by atoms with Crippen molar-refractivity contribution in [3.05, 3.63) is 28.8 Å². The van der Waals surface area contributed by atoms with Crippen LogP contribution in [0.4, 0.5) is 4.39 Å². The number of nitrogens with one attached hydrogen (secondary N) is 1. The van der Waals surface area contributed by atoms with Gasteiger partial charge in [0.1, 0.15) is 6.67 Å². The van der Waals surface area contributed by atoms with E-state index in [2.05, 4.69) is 10.3 Å². The summed E-state index contributed by atoms with van der Waals surface area (Å²) >= 11 is 1.15. The van der Waals surface area contributed by atoms with E-state index in [0.29, 0.717) is 20.7 Å². The summed E-state index contributed by atoms with van der Waals surface area (Å²) in [6.07, 6.45) is 1.36. The smallest absolute Gasteiger partial charge is 0.305 e. The minimum absolute atomic E-state index is 0.0613. The molecule has 2 N–H and O–H groups in total. The Morgan fingerprint density at radius 1 is 1.47 bits per heavy atom. The van der Waals surface area contributed by atoms with Gasteiger partial charge in [-0.1, -0.05) is 0 Å². The summed E-state index contributed by atoms with van der Waals surface area (Å²) in [7, 11) is 0. The van der Waals surface area contributed by atoms with Crippen LogP contribution in [0, 0.1) is 0 Å². The van der Waals surface area contributed by atoms with Gasteiger partial charge in [0.2, 0.25) is 0 Å². The Balaban J connectivity index is 2.16. The second kappa shape index (κ2) is 5.75. The van der Waals surface area contributed by atoms with Crippen LogP contribution in [0.3, 0.4) is 0 Å². The first-order chi connectivity index (χ1) is 9.11. The lowest BCUT2D eigenvalue weighted by atomic mass is 10.2. The molecule has 100 valence electrons. The maximum atomic E-state index is 12.8. The van der Waals surface area contributed by atoms with Crippen molar-refractivity contribution in [3.8, 4) is 0 Å². The molecule has 1 amide bonds. The topological polar surface area (TPSA) is 79.3 Å². The van der Waals surface area contributed by atoms with Gasteiger partial charge in [-0.2, -0.15) is 0 Å². The Labute approximate surface area is 112 Å². The summed E-state index contributed by atoms with van der Waals surface area (Å²) in [5.41, 5.74) is 1.07. The van der Waals surface area contributed by atoms with E-state index in [9.17, 15) is 14.0 Å². The number of hydrogen-bond donors (Lipinski definition) is 2. The largest absolute Gasteiger partial charge is 0.481 e. The van der Waals surface area contributed by atoms with Gasteiger partial charge in [-0.05, 0) is 12.1 Å². The lowest BCUT2D eigenvalue weighted by Crippen LogP contribution is -2.25. The fourth-order valence-corrected chi connectivity index (χ4v) is 2.60. The predicted molar refractivity (Wildman–Crippen MR) is 69.0 cm³/mol. The molecule has 2 aromatic rings. The second-order valence-corrected chi connectivity index (χ2v) is 4.88. The molecule has 0 spiro atoms. The molecule has 0 aromatic carbocycles. The van der Waals surface area contributed by atoms with Crippen LogP contribution in [0.15, 0.2) is 18.3 Å². The average Bonchev–Trinajstić information content (AvgIpc) is 2.81. The van der Waals surface area contributed by atoms with E-state index < -0.39 is 12.6 Å². The Morgan fingerprint density at radius 2 is 2.26 bits per heavy atom. The third-order valence-corrected chi connectivity index (χ3v) is 3.68. The SMILES string of the molecule is O=C(O)CCNC(=O)c1cc2nccc(CF)c2s1. The number of nitrogens with zero attached hydrogens (tertiary/aromatic N) is 1. The highest BCUT2D eigenvalue weighted by Crippen LogP contribution is 2.27. The number of carboxylic acids is 1. The van der Waals surface area contributed by atoms with Crippen LogP contribution in [0.1, 0.15) is 21.7 Å². The van der Waals surface area contributed by atoms with Crippen molar-refractivity contribution in [1.82, 2.24) is 10.3 Å². The molecule has 0 unspecified atom stereocenters. The summed E-state index contributed by atoms with van der Waals surface area (Å²) in [6, 6.07) is 3.15. The highest BCUT2D eigenvalue weighted by molar-refractivity contribution is 7.21. The van der Waals surface area contributed by atoms with Crippen LogP contribution in [0.25, 0.3) is 10.2 Å². The molecular weight excluding hydrogens is 271 g/mol. The molecule has 0 saturated heterocycles. The summed E-state index contributed by atoms with van der Waals surface area (Å²) in [4.78, 5) is 26.6. The van der Waals surface area contributed by atoms with Crippen LogP contribution in [0.5, 0.6) is 0 Å².